The molecule has 0 saturated heterocycles. The third-order valence-electron chi connectivity index (χ3n) is 3.18. The van der Waals surface area contributed by atoms with Crippen molar-refractivity contribution in [1.82, 2.24) is 4.90 Å². The lowest BCUT2D eigenvalue weighted by atomic mass is 10.0. The average Bonchev–Trinajstić information content (AvgIpc) is 2.31. The van der Waals surface area contributed by atoms with Crippen LogP contribution in [0.2, 0.25) is 0 Å². The third-order valence-corrected chi connectivity index (χ3v) is 3.18. The van der Waals surface area contributed by atoms with Gasteiger partial charge in [-0.15, -0.1) is 0 Å². The molecule has 2 nitrogen and oxygen atoms in total. The summed E-state index contributed by atoms with van der Waals surface area (Å²) < 4.78 is 0. The fraction of sp³-hybridized carbons (Fsp3) is 0.533. The molecule has 0 heterocycles. The number of hydrogen-bond donors (Lipinski definition) is 0. The van der Waals surface area contributed by atoms with Crippen molar-refractivity contribution in [3.63, 3.8) is 0 Å². The second-order valence-electron chi connectivity index (χ2n) is 4.59. The molecule has 2 heteroatoms. The van der Waals surface area contributed by atoms with Crippen LogP contribution in [0.1, 0.15) is 41.8 Å². The van der Waals surface area contributed by atoms with E-state index in [0.717, 1.165) is 25.1 Å². The molecule has 0 aliphatic carbocycles. The molecule has 17 heavy (non-hydrogen) atoms. The molecule has 0 fully saturated rings. The van der Waals surface area contributed by atoms with E-state index in [9.17, 15) is 4.79 Å². The van der Waals surface area contributed by atoms with Crippen molar-refractivity contribution in [2.24, 2.45) is 0 Å². The number of likely N-dealkylation sites (N-methyl/N-ethyl adjacent to an activating group) is 1. The van der Waals surface area contributed by atoms with Crippen molar-refractivity contribution in [3.05, 3.63) is 34.9 Å². The van der Waals surface area contributed by atoms with Crippen LogP contribution in [0.25, 0.3) is 0 Å². The molecule has 0 atom stereocenters. The summed E-state index contributed by atoms with van der Waals surface area (Å²) in [6, 6.07) is 5.96. The zero-order chi connectivity index (χ0) is 12.8. The molecule has 0 N–H and O–H groups in total. The maximum Gasteiger partial charge on any atom is 0.176 e. The summed E-state index contributed by atoms with van der Waals surface area (Å²) in [5.74, 6) is 0.225. The van der Waals surface area contributed by atoms with Crippen LogP contribution < -0.4 is 0 Å². The number of carbonyl (C=O) groups excluding carboxylic acids is 1. The van der Waals surface area contributed by atoms with Crippen molar-refractivity contribution in [1.29, 1.82) is 0 Å². The summed E-state index contributed by atoms with van der Waals surface area (Å²) in [6.45, 7) is 10.8. The minimum atomic E-state index is 0.225. The molecule has 0 spiro atoms. The van der Waals surface area contributed by atoms with E-state index >= 15 is 0 Å². The normalized spacial score (nSPS) is 10.9. The zero-order valence-electron chi connectivity index (χ0n) is 11.4. The van der Waals surface area contributed by atoms with Crippen LogP contribution in [0.15, 0.2) is 18.2 Å². The molecule has 1 aromatic rings. The second-order valence-corrected chi connectivity index (χ2v) is 4.59. The molecule has 0 aliphatic heterocycles. The molecule has 1 rings (SSSR count). The van der Waals surface area contributed by atoms with Crippen molar-refractivity contribution >= 4 is 5.78 Å². The SMILES string of the molecule is CCCN(CC)CC(=O)c1ccc(C)c(C)c1. The summed E-state index contributed by atoms with van der Waals surface area (Å²) in [5, 5.41) is 0. The van der Waals surface area contributed by atoms with Gasteiger partial charge in [0, 0.05) is 5.56 Å². The first-order valence-electron chi connectivity index (χ1n) is 6.41. The number of benzene rings is 1. The Morgan fingerprint density at radius 3 is 2.41 bits per heavy atom. The van der Waals surface area contributed by atoms with Crippen molar-refractivity contribution in [2.75, 3.05) is 19.6 Å². The molecule has 0 saturated carbocycles. The van der Waals surface area contributed by atoms with Crippen molar-refractivity contribution < 1.29 is 4.79 Å². The number of carbonyl (C=O) groups is 1. The Bertz CT molecular complexity index is 385. The number of Topliss-reactive ketones (excluding diaryl/α,β-unsaturated/α-hetero) is 1. The standard InChI is InChI=1S/C15H23NO/c1-5-9-16(6-2)11-15(17)14-8-7-12(3)13(4)10-14/h7-8,10H,5-6,9,11H2,1-4H3. The lowest BCUT2D eigenvalue weighted by molar-refractivity contribution is 0.0934. The minimum absolute atomic E-state index is 0.225. The maximum atomic E-state index is 12.1. The number of hydrogen-bond acceptors (Lipinski definition) is 2. The Kier molecular flexibility index (Phi) is 5.36. The Labute approximate surface area is 105 Å². The highest BCUT2D eigenvalue weighted by molar-refractivity contribution is 5.97. The molecule has 94 valence electrons. The van der Waals surface area contributed by atoms with E-state index in [1.807, 2.05) is 18.2 Å². The van der Waals surface area contributed by atoms with Crippen LogP contribution in [-0.4, -0.2) is 30.3 Å². The van der Waals surface area contributed by atoms with Crippen LogP contribution in [0.3, 0.4) is 0 Å². The Balaban J connectivity index is 2.72. The number of ketones is 1. The van der Waals surface area contributed by atoms with E-state index in [2.05, 4.69) is 32.6 Å². The van der Waals surface area contributed by atoms with E-state index in [1.54, 1.807) is 0 Å². The minimum Gasteiger partial charge on any atom is -0.296 e. The smallest absolute Gasteiger partial charge is 0.176 e. The summed E-state index contributed by atoms with van der Waals surface area (Å²) in [7, 11) is 0. The van der Waals surface area contributed by atoms with Gasteiger partial charge in [-0.05, 0) is 50.6 Å². The first kappa shape index (κ1) is 13.9. The maximum absolute atomic E-state index is 12.1. The van der Waals surface area contributed by atoms with Gasteiger partial charge in [0.25, 0.3) is 0 Å². The van der Waals surface area contributed by atoms with Gasteiger partial charge in [0.05, 0.1) is 6.54 Å². The van der Waals surface area contributed by atoms with Gasteiger partial charge in [0.2, 0.25) is 0 Å². The molecule has 0 radical (unpaired) electrons. The number of aryl methyl sites for hydroxylation is 2. The Morgan fingerprint density at radius 1 is 1.18 bits per heavy atom. The van der Waals surface area contributed by atoms with Crippen LogP contribution >= 0.6 is 0 Å². The van der Waals surface area contributed by atoms with E-state index in [1.165, 1.54) is 11.1 Å². The third kappa shape index (κ3) is 3.97. The van der Waals surface area contributed by atoms with E-state index in [0.29, 0.717) is 6.54 Å². The largest absolute Gasteiger partial charge is 0.296 e. The van der Waals surface area contributed by atoms with Gasteiger partial charge in [-0.2, -0.15) is 0 Å². The molecule has 0 amide bonds. The highest BCUT2D eigenvalue weighted by Crippen LogP contribution is 2.11. The highest BCUT2D eigenvalue weighted by atomic mass is 16.1. The van der Waals surface area contributed by atoms with Crippen LogP contribution in [0.5, 0.6) is 0 Å². The highest BCUT2D eigenvalue weighted by Gasteiger charge is 2.11. The first-order chi connectivity index (χ1) is 8.08. The van der Waals surface area contributed by atoms with Crippen molar-refractivity contribution in [2.45, 2.75) is 34.1 Å². The summed E-state index contributed by atoms with van der Waals surface area (Å²) >= 11 is 0. The summed E-state index contributed by atoms with van der Waals surface area (Å²) in [6.07, 6.45) is 1.09. The fourth-order valence-electron chi connectivity index (χ4n) is 1.87. The quantitative estimate of drug-likeness (QED) is 0.703. The summed E-state index contributed by atoms with van der Waals surface area (Å²) in [4.78, 5) is 14.3. The van der Waals surface area contributed by atoms with Gasteiger partial charge in [0.1, 0.15) is 0 Å². The van der Waals surface area contributed by atoms with Gasteiger partial charge in [0.15, 0.2) is 5.78 Å². The monoisotopic (exact) mass is 233 g/mol. The predicted molar refractivity (Wildman–Crippen MR) is 72.7 cm³/mol. The summed E-state index contributed by atoms with van der Waals surface area (Å²) in [5.41, 5.74) is 3.26. The Hall–Kier alpha value is -1.15. The van der Waals surface area contributed by atoms with Crippen molar-refractivity contribution in [3.8, 4) is 0 Å². The molecule has 0 aromatic heterocycles. The van der Waals surface area contributed by atoms with Crippen LogP contribution in [0.4, 0.5) is 0 Å². The zero-order valence-corrected chi connectivity index (χ0v) is 11.4. The molecule has 0 aliphatic rings. The van der Waals surface area contributed by atoms with Crippen LogP contribution in [0, 0.1) is 13.8 Å². The van der Waals surface area contributed by atoms with Gasteiger partial charge >= 0.3 is 0 Å². The molecular formula is C15H23NO. The fourth-order valence-corrected chi connectivity index (χ4v) is 1.87. The van der Waals surface area contributed by atoms with Gasteiger partial charge in [-0.25, -0.2) is 0 Å². The van der Waals surface area contributed by atoms with E-state index in [-0.39, 0.29) is 5.78 Å². The Morgan fingerprint density at radius 2 is 1.88 bits per heavy atom. The molecule has 0 bridgehead atoms. The molecule has 0 unspecified atom stereocenters. The van der Waals surface area contributed by atoms with E-state index < -0.39 is 0 Å². The number of rotatable bonds is 6. The predicted octanol–water partition coefficient (Wildman–Crippen LogP) is 3.22. The second kappa shape index (κ2) is 6.55. The number of nitrogens with zero attached hydrogens (tertiary/aromatic N) is 1. The van der Waals surface area contributed by atoms with E-state index in [4.69, 9.17) is 0 Å². The van der Waals surface area contributed by atoms with Gasteiger partial charge < -0.3 is 0 Å². The average molecular weight is 233 g/mol. The lowest BCUT2D eigenvalue weighted by Crippen LogP contribution is -2.30. The first-order valence-corrected chi connectivity index (χ1v) is 6.41. The van der Waals surface area contributed by atoms with Crippen LogP contribution in [-0.2, 0) is 0 Å². The molecular weight excluding hydrogens is 210 g/mol. The van der Waals surface area contributed by atoms with Gasteiger partial charge in [-0.1, -0.05) is 26.0 Å². The topological polar surface area (TPSA) is 20.3 Å². The molecule has 1 aromatic carbocycles. The lowest BCUT2D eigenvalue weighted by Gasteiger charge is -2.18. The van der Waals surface area contributed by atoms with Gasteiger partial charge in [-0.3, -0.25) is 9.69 Å².